The van der Waals surface area contributed by atoms with E-state index in [1.165, 1.54) is 38.4 Å². The third-order valence-corrected chi connectivity index (χ3v) is 3.28. The summed E-state index contributed by atoms with van der Waals surface area (Å²) in [6.07, 6.45) is 8.06. The molecular formula is C15H20N2O3. The van der Waals surface area contributed by atoms with Crippen LogP contribution in [0.25, 0.3) is 6.08 Å². The molecule has 5 heteroatoms. The molecule has 0 aliphatic carbocycles. The molecule has 0 atom stereocenters. The Kier molecular flexibility index (Phi) is 5.55. The van der Waals surface area contributed by atoms with Gasteiger partial charge in [-0.25, -0.2) is 4.79 Å². The van der Waals surface area contributed by atoms with Crippen molar-refractivity contribution in [1.82, 2.24) is 9.88 Å². The van der Waals surface area contributed by atoms with Crippen LogP contribution < -0.4 is 4.74 Å². The molecular weight excluding hydrogens is 256 g/mol. The minimum absolute atomic E-state index is 0.607. The second kappa shape index (κ2) is 7.65. The first-order valence-electron chi connectivity index (χ1n) is 6.96. The minimum atomic E-state index is -0.978. The molecule has 0 bridgehead atoms. The molecule has 1 aliphatic heterocycles. The summed E-state index contributed by atoms with van der Waals surface area (Å²) in [6, 6.07) is 3.56. The number of likely N-dealkylation sites (tertiary alicyclic amines) is 1. The highest BCUT2D eigenvalue weighted by Crippen LogP contribution is 2.11. The molecule has 0 unspecified atom stereocenters. The Balaban J connectivity index is 1.74. The van der Waals surface area contributed by atoms with Gasteiger partial charge in [-0.15, -0.1) is 0 Å². The number of hydrogen-bond donors (Lipinski definition) is 1. The highest BCUT2D eigenvalue weighted by atomic mass is 16.5. The summed E-state index contributed by atoms with van der Waals surface area (Å²) < 4.78 is 5.64. The predicted octanol–water partition coefficient (Wildman–Crippen LogP) is 2.04. The molecule has 1 aromatic heterocycles. The summed E-state index contributed by atoms with van der Waals surface area (Å²) in [6.45, 7) is 3.94. The van der Waals surface area contributed by atoms with Crippen molar-refractivity contribution in [1.29, 1.82) is 0 Å². The summed E-state index contributed by atoms with van der Waals surface area (Å²) >= 11 is 0. The minimum Gasteiger partial charge on any atom is -0.491 e. The molecule has 0 spiro atoms. The van der Waals surface area contributed by atoms with E-state index in [1.54, 1.807) is 12.3 Å². The van der Waals surface area contributed by atoms with Gasteiger partial charge in [0, 0.05) is 12.6 Å². The quantitative estimate of drug-likeness (QED) is 0.806. The SMILES string of the molecule is O=C(O)C=Cc1ccc(OCCN2CCCCC2)cn1. The molecule has 0 saturated carbocycles. The average Bonchev–Trinajstić information content (AvgIpc) is 2.47. The number of nitrogens with zero attached hydrogens (tertiary/aromatic N) is 2. The molecule has 2 heterocycles. The van der Waals surface area contributed by atoms with Crippen molar-refractivity contribution in [3.8, 4) is 5.75 Å². The van der Waals surface area contributed by atoms with Gasteiger partial charge in [0.05, 0.1) is 11.9 Å². The second-order valence-corrected chi connectivity index (χ2v) is 4.84. The molecule has 1 aliphatic rings. The van der Waals surface area contributed by atoms with Gasteiger partial charge >= 0.3 is 5.97 Å². The molecule has 0 aromatic carbocycles. The van der Waals surface area contributed by atoms with E-state index in [2.05, 4.69) is 9.88 Å². The number of rotatable bonds is 6. The molecule has 20 heavy (non-hydrogen) atoms. The van der Waals surface area contributed by atoms with E-state index in [0.717, 1.165) is 18.4 Å². The van der Waals surface area contributed by atoms with E-state index in [0.29, 0.717) is 12.3 Å². The van der Waals surface area contributed by atoms with Crippen LogP contribution in [0, 0.1) is 0 Å². The Morgan fingerprint density at radius 1 is 1.35 bits per heavy atom. The van der Waals surface area contributed by atoms with Crippen molar-refractivity contribution in [2.24, 2.45) is 0 Å². The number of hydrogen-bond acceptors (Lipinski definition) is 4. The van der Waals surface area contributed by atoms with Crippen molar-refractivity contribution in [2.75, 3.05) is 26.2 Å². The number of piperidine rings is 1. The standard InChI is InChI=1S/C15H20N2O3/c18-15(19)7-5-13-4-6-14(12-16-13)20-11-10-17-8-2-1-3-9-17/h4-7,12H,1-3,8-11H2,(H,18,19). The number of aromatic nitrogens is 1. The smallest absolute Gasteiger partial charge is 0.328 e. The maximum absolute atomic E-state index is 10.4. The molecule has 5 nitrogen and oxygen atoms in total. The topological polar surface area (TPSA) is 62.7 Å². The summed E-state index contributed by atoms with van der Waals surface area (Å²) in [5.74, 6) is -0.261. The summed E-state index contributed by atoms with van der Waals surface area (Å²) in [5.41, 5.74) is 0.607. The summed E-state index contributed by atoms with van der Waals surface area (Å²) in [7, 11) is 0. The number of carboxylic acid groups (broad SMARTS) is 1. The number of carboxylic acids is 1. The van der Waals surface area contributed by atoms with Crippen LogP contribution in [0.1, 0.15) is 25.0 Å². The van der Waals surface area contributed by atoms with Gasteiger partial charge in [-0.2, -0.15) is 0 Å². The lowest BCUT2D eigenvalue weighted by atomic mass is 10.1. The van der Waals surface area contributed by atoms with Crippen molar-refractivity contribution < 1.29 is 14.6 Å². The van der Waals surface area contributed by atoms with Crippen LogP contribution in [0.3, 0.4) is 0 Å². The van der Waals surface area contributed by atoms with Crippen LogP contribution in [0.4, 0.5) is 0 Å². The average molecular weight is 276 g/mol. The summed E-state index contributed by atoms with van der Waals surface area (Å²) in [5, 5.41) is 8.53. The normalized spacial score (nSPS) is 16.4. The molecule has 1 N–H and O–H groups in total. The first-order valence-corrected chi connectivity index (χ1v) is 6.96. The first kappa shape index (κ1) is 14.5. The number of aliphatic carboxylic acids is 1. The van der Waals surface area contributed by atoms with Crippen LogP contribution in [0.15, 0.2) is 24.4 Å². The highest BCUT2D eigenvalue weighted by molar-refractivity contribution is 5.84. The lowest BCUT2D eigenvalue weighted by molar-refractivity contribution is -0.131. The number of ether oxygens (including phenoxy) is 1. The van der Waals surface area contributed by atoms with Crippen molar-refractivity contribution in [3.05, 3.63) is 30.1 Å². The van der Waals surface area contributed by atoms with Crippen molar-refractivity contribution >= 4 is 12.0 Å². The van der Waals surface area contributed by atoms with Gasteiger partial charge in [0.15, 0.2) is 0 Å². The molecule has 1 fully saturated rings. The van der Waals surface area contributed by atoms with E-state index in [9.17, 15) is 4.79 Å². The molecule has 1 saturated heterocycles. The third-order valence-electron chi connectivity index (χ3n) is 3.28. The molecule has 2 rings (SSSR count). The maximum Gasteiger partial charge on any atom is 0.328 e. The zero-order valence-corrected chi connectivity index (χ0v) is 11.5. The lowest BCUT2D eigenvalue weighted by Crippen LogP contribution is -2.33. The second-order valence-electron chi connectivity index (χ2n) is 4.84. The third kappa shape index (κ3) is 5.01. The van der Waals surface area contributed by atoms with Crippen molar-refractivity contribution in [2.45, 2.75) is 19.3 Å². The lowest BCUT2D eigenvalue weighted by Gasteiger charge is -2.26. The fraction of sp³-hybridized carbons (Fsp3) is 0.467. The number of pyridine rings is 1. The Labute approximate surface area is 118 Å². The van der Waals surface area contributed by atoms with Crippen LogP contribution in [0.2, 0.25) is 0 Å². The first-order chi connectivity index (χ1) is 9.74. The zero-order chi connectivity index (χ0) is 14.2. The monoisotopic (exact) mass is 276 g/mol. The zero-order valence-electron chi connectivity index (χ0n) is 11.5. The molecule has 0 amide bonds. The highest BCUT2D eigenvalue weighted by Gasteiger charge is 2.09. The van der Waals surface area contributed by atoms with E-state index in [-0.39, 0.29) is 0 Å². The van der Waals surface area contributed by atoms with Crippen LogP contribution >= 0.6 is 0 Å². The van der Waals surface area contributed by atoms with Gasteiger partial charge in [0.2, 0.25) is 0 Å². The largest absolute Gasteiger partial charge is 0.491 e. The predicted molar refractivity (Wildman–Crippen MR) is 76.7 cm³/mol. The Bertz CT molecular complexity index is 451. The Morgan fingerprint density at radius 3 is 2.80 bits per heavy atom. The van der Waals surface area contributed by atoms with Crippen LogP contribution in [0.5, 0.6) is 5.75 Å². The van der Waals surface area contributed by atoms with Gasteiger partial charge in [0.25, 0.3) is 0 Å². The molecule has 1 aromatic rings. The van der Waals surface area contributed by atoms with E-state index >= 15 is 0 Å². The van der Waals surface area contributed by atoms with Gasteiger partial charge in [-0.3, -0.25) is 9.88 Å². The van der Waals surface area contributed by atoms with Gasteiger partial charge in [-0.05, 0) is 44.1 Å². The van der Waals surface area contributed by atoms with Gasteiger partial charge in [-0.1, -0.05) is 6.42 Å². The Morgan fingerprint density at radius 2 is 2.15 bits per heavy atom. The van der Waals surface area contributed by atoms with E-state index < -0.39 is 5.97 Å². The van der Waals surface area contributed by atoms with Crippen molar-refractivity contribution in [3.63, 3.8) is 0 Å². The molecule has 108 valence electrons. The van der Waals surface area contributed by atoms with Gasteiger partial charge in [0.1, 0.15) is 12.4 Å². The van der Waals surface area contributed by atoms with E-state index in [4.69, 9.17) is 9.84 Å². The summed E-state index contributed by atoms with van der Waals surface area (Å²) in [4.78, 5) is 16.9. The van der Waals surface area contributed by atoms with Crippen LogP contribution in [-0.2, 0) is 4.79 Å². The fourth-order valence-corrected chi connectivity index (χ4v) is 2.21. The fourth-order valence-electron chi connectivity index (χ4n) is 2.21. The van der Waals surface area contributed by atoms with Crippen LogP contribution in [-0.4, -0.2) is 47.2 Å². The maximum atomic E-state index is 10.4. The Hall–Kier alpha value is -1.88. The number of carbonyl (C=O) groups is 1. The molecule has 0 radical (unpaired) electrons. The van der Waals surface area contributed by atoms with Gasteiger partial charge < -0.3 is 9.84 Å². The van der Waals surface area contributed by atoms with E-state index in [1.807, 2.05) is 6.07 Å².